The van der Waals surface area contributed by atoms with E-state index in [0.29, 0.717) is 11.3 Å². The van der Waals surface area contributed by atoms with Crippen LogP contribution >= 0.6 is 0 Å². The molecule has 0 unspecified atom stereocenters. The molecule has 0 bridgehead atoms. The number of esters is 1. The van der Waals surface area contributed by atoms with Gasteiger partial charge in [-0.15, -0.1) is 0 Å². The van der Waals surface area contributed by atoms with E-state index in [4.69, 9.17) is 9.47 Å². The van der Waals surface area contributed by atoms with Gasteiger partial charge in [-0.1, -0.05) is 0 Å². The molecule has 182 valence electrons. The predicted molar refractivity (Wildman–Crippen MR) is 134 cm³/mol. The molecule has 0 spiro atoms. The van der Waals surface area contributed by atoms with Gasteiger partial charge in [0.05, 0.1) is 7.11 Å². The average molecular weight is 555 g/mol. The molecule has 0 saturated heterocycles. The summed E-state index contributed by atoms with van der Waals surface area (Å²) in [6.07, 6.45) is 7.89. The molecule has 2 N–H and O–H groups in total. The molecule has 0 aliphatic heterocycles. The van der Waals surface area contributed by atoms with E-state index in [1.165, 1.54) is 51.8 Å². The van der Waals surface area contributed by atoms with Crippen molar-refractivity contribution in [1.82, 2.24) is 0 Å². The topological polar surface area (TPSA) is 76.0 Å². The summed E-state index contributed by atoms with van der Waals surface area (Å²) in [7, 11) is 1.56. The summed E-state index contributed by atoms with van der Waals surface area (Å²) in [6.45, 7) is 8.04. The Morgan fingerprint density at radius 1 is 1.03 bits per heavy atom. The molecule has 0 heterocycles. The molecular formula is C26H44O5Sn. The fourth-order valence-electron chi connectivity index (χ4n) is 3.80. The molecule has 1 aromatic rings. The number of methoxy groups -OCH3 is 1. The van der Waals surface area contributed by atoms with Gasteiger partial charge >= 0.3 is 192 Å². The first-order chi connectivity index (χ1) is 15.2. The van der Waals surface area contributed by atoms with Gasteiger partial charge < -0.3 is 0 Å². The van der Waals surface area contributed by atoms with Crippen LogP contribution in [0.5, 0.6) is 5.75 Å². The van der Waals surface area contributed by atoms with Crippen molar-refractivity contribution >= 4 is 24.3 Å². The van der Waals surface area contributed by atoms with Gasteiger partial charge in [-0.25, -0.2) is 0 Å². The van der Waals surface area contributed by atoms with E-state index in [1.807, 2.05) is 6.08 Å². The van der Waals surface area contributed by atoms with Crippen molar-refractivity contribution in [2.24, 2.45) is 0 Å². The molecule has 1 aromatic carbocycles. The SMILES string of the molecule is CCC[CH2][Sn](/[CH]=C/[C@](C)(O)[C@@H](O)COC(=O)c1ccc(OC)cc1)([CH2]CCC)[CH2]CCC. The third kappa shape index (κ3) is 9.84. The van der Waals surface area contributed by atoms with Crippen molar-refractivity contribution in [3.63, 3.8) is 0 Å². The van der Waals surface area contributed by atoms with Crippen molar-refractivity contribution < 1.29 is 24.5 Å². The van der Waals surface area contributed by atoms with Gasteiger partial charge in [0.25, 0.3) is 0 Å². The van der Waals surface area contributed by atoms with Gasteiger partial charge in [-0.2, -0.15) is 0 Å². The van der Waals surface area contributed by atoms with Crippen LogP contribution in [0.15, 0.2) is 34.4 Å². The molecular weight excluding hydrogens is 511 g/mol. The molecule has 0 radical (unpaired) electrons. The fraction of sp³-hybridized carbons (Fsp3) is 0.654. The average Bonchev–Trinajstić information content (AvgIpc) is 2.81. The Kier molecular flexibility index (Phi) is 13.6. The standard InChI is InChI=1S/C14H17O5.3C4H9.Sn/c1-4-14(2,17)12(15)9-19-13(16)10-5-7-11(18-3)8-6-10;3*1-3-4-2;/h1,4-8,12,15,17H,9H2,2-3H3;3*1,3-4H2,2H3;/t12-,14-;;;;/m0..../s1. The van der Waals surface area contributed by atoms with E-state index in [0.717, 1.165) is 0 Å². The molecule has 0 aromatic heterocycles. The van der Waals surface area contributed by atoms with Crippen molar-refractivity contribution in [3.8, 4) is 5.75 Å². The number of ether oxygens (including phenoxy) is 2. The Morgan fingerprint density at radius 2 is 1.53 bits per heavy atom. The van der Waals surface area contributed by atoms with Crippen LogP contribution in [0.3, 0.4) is 0 Å². The van der Waals surface area contributed by atoms with Crippen LogP contribution < -0.4 is 4.74 Å². The van der Waals surface area contributed by atoms with E-state index in [1.54, 1.807) is 38.3 Å². The third-order valence-electron chi connectivity index (χ3n) is 6.23. The van der Waals surface area contributed by atoms with Crippen LogP contribution in [0.4, 0.5) is 0 Å². The summed E-state index contributed by atoms with van der Waals surface area (Å²) < 4.78 is 16.6. The Morgan fingerprint density at radius 3 is 1.97 bits per heavy atom. The number of aliphatic hydroxyl groups is 2. The Bertz CT molecular complexity index is 662. The minimum atomic E-state index is -2.58. The van der Waals surface area contributed by atoms with E-state index in [9.17, 15) is 15.0 Å². The van der Waals surface area contributed by atoms with Gasteiger partial charge in [0.2, 0.25) is 0 Å². The fourth-order valence-corrected chi connectivity index (χ4v) is 18.4. The summed E-state index contributed by atoms with van der Waals surface area (Å²) in [4.78, 5) is 12.3. The Hall–Kier alpha value is -1.05. The van der Waals surface area contributed by atoms with Crippen LogP contribution in [0, 0.1) is 0 Å². The van der Waals surface area contributed by atoms with Crippen molar-refractivity contribution in [1.29, 1.82) is 0 Å². The molecule has 5 nitrogen and oxygen atoms in total. The normalized spacial score (nSPS) is 14.8. The summed E-state index contributed by atoms with van der Waals surface area (Å²) in [5, 5.41) is 21.6. The first-order valence-electron chi connectivity index (χ1n) is 12.2. The molecule has 0 aliphatic carbocycles. The van der Waals surface area contributed by atoms with Gasteiger partial charge in [-0.05, 0) is 0 Å². The maximum atomic E-state index is 12.3. The zero-order valence-electron chi connectivity index (χ0n) is 20.7. The van der Waals surface area contributed by atoms with Crippen molar-refractivity contribution in [2.75, 3.05) is 13.7 Å². The number of aliphatic hydroxyl groups excluding tert-OH is 1. The third-order valence-corrected chi connectivity index (χ3v) is 20.3. The quantitative estimate of drug-likeness (QED) is 0.196. The molecule has 0 saturated carbocycles. The van der Waals surface area contributed by atoms with Gasteiger partial charge in [-0.3, -0.25) is 0 Å². The number of carbonyl (C=O) groups is 1. The molecule has 6 heteroatoms. The molecule has 32 heavy (non-hydrogen) atoms. The number of unbranched alkanes of at least 4 members (excludes halogenated alkanes) is 3. The van der Waals surface area contributed by atoms with E-state index < -0.39 is 36.1 Å². The van der Waals surface area contributed by atoms with Crippen LogP contribution in [-0.4, -0.2) is 60.0 Å². The monoisotopic (exact) mass is 556 g/mol. The van der Waals surface area contributed by atoms with Crippen LogP contribution in [0.25, 0.3) is 0 Å². The molecule has 0 aliphatic rings. The van der Waals surface area contributed by atoms with Crippen LogP contribution in [0.2, 0.25) is 13.3 Å². The van der Waals surface area contributed by atoms with Gasteiger partial charge in [0.15, 0.2) is 0 Å². The van der Waals surface area contributed by atoms with Crippen LogP contribution in [0.1, 0.15) is 76.6 Å². The Balaban J connectivity index is 2.85. The molecule has 2 atom stereocenters. The zero-order chi connectivity index (χ0) is 24.0. The van der Waals surface area contributed by atoms with E-state index in [-0.39, 0.29) is 6.61 Å². The van der Waals surface area contributed by atoms with Crippen molar-refractivity contribution in [3.05, 3.63) is 40.0 Å². The van der Waals surface area contributed by atoms with Crippen molar-refractivity contribution in [2.45, 2.75) is 91.2 Å². The van der Waals surface area contributed by atoms with E-state index >= 15 is 0 Å². The Labute approximate surface area is 199 Å². The predicted octanol–water partition coefficient (Wildman–Crippen LogP) is 5.91. The van der Waals surface area contributed by atoms with Crippen LogP contribution in [-0.2, 0) is 4.74 Å². The summed E-state index contributed by atoms with van der Waals surface area (Å²) in [5.74, 6) is 0.118. The second-order valence-corrected chi connectivity index (χ2v) is 22.1. The molecule has 0 amide bonds. The summed E-state index contributed by atoms with van der Waals surface area (Å²) in [5.41, 5.74) is -1.06. The second kappa shape index (κ2) is 15.0. The first kappa shape index (κ1) is 29.0. The molecule has 0 fully saturated rings. The molecule has 1 rings (SSSR count). The summed E-state index contributed by atoms with van der Waals surface area (Å²) in [6, 6.07) is 6.59. The number of hydrogen-bond donors (Lipinski definition) is 2. The second-order valence-electron chi connectivity index (χ2n) is 9.07. The minimum absolute atomic E-state index is 0.260. The number of carbonyl (C=O) groups excluding carboxylic acids is 1. The van der Waals surface area contributed by atoms with Gasteiger partial charge in [0.1, 0.15) is 0 Å². The first-order valence-corrected chi connectivity index (χ1v) is 19.9. The summed E-state index contributed by atoms with van der Waals surface area (Å²) >= 11 is -2.58. The number of rotatable bonds is 16. The number of benzene rings is 1. The number of hydrogen-bond acceptors (Lipinski definition) is 5. The van der Waals surface area contributed by atoms with E-state index in [2.05, 4.69) is 24.9 Å². The van der Waals surface area contributed by atoms with Gasteiger partial charge in [0, 0.05) is 0 Å². The zero-order valence-corrected chi connectivity index (χ0v) is 23.6. The maximum absolute atomic E-state index is 12.3.